The first-order valence-electron chi connectivity index (χ1n) is 4.04. The summed E-state index contributed by atoms with van der Waals surface area (Å²) < 4.78 is 0. The van der Waals surface area contributed by atoms with Gasteiger partial charge in [0.2, 0.25) is 0 Å². The molecule has 0 saturated carbocycles. The SMILES string of the molecule is CSc1ncc2c(Cl)ncc(C)c2n1. The molecule has 0 amide bonds. The Kier molecular flexibility index (Phi) is 2.56. The summed E-state index contributed by atoms with van der Waals surface area (Å²) in [4.78, 5) is 12.6. The van der Waals surface area contributed by atoms with E-state index in [9.17, 15) is 0 Å². The van der Waals surface area contributed by atoms with Crippen LogP contribution < -0.4 is 0 Å². The van der Waals surface area contributed by atoms with Crippen molar-refractivity contribution in [1.29, 1.82) is 0 Å². The van der Waals surface area contributed by atoms with Crippen molar-refractivity contribution in [2.24, 2.45) is 0 Å². The van der Waals surface area contributed by atoms with E-state index in [0.29, 0.717) is 5.15 Å². The Morgan fingerprint density at radius 2 is 2.07 bits per heavy atom. The lowest BCUT2D eigenvalue weighted by Gasteiger charge is -2.03. The molecular weight excluding hydrogens is 218 g/mol. The fourth-order valence-corrected chi connectivity index (χ4v) is 1.73. The van der Waals surface area contributed by atoms with Crippen molar-refractivity contribution in [3.05, 3.63) is 23.1 Å². The smallest absolute Gasteiger partial charge is 0.187 e. The van der Waals surface area contributed by atoms with Crippen LogP contribution in [0.25, 0.3) is 10.9 Å². The monoisotopic (exact) mass is 225 g/mol. The maximum absolute atomic E-state index is 5.93. The molecule has 14 heavy (non-hydrogen) atoms. The Morgan fingerprint density at radius 3 is 2.79 bits per heavy atom. The van der Waals surface area contributed by atoms with Gasteiger partial charge in [0, 0.05) is 12.4 Å². The van der Waals surface area contributed by atoms with Crippen molar-refractivity contribution >= 4 is 34.3 Å². The molecule has 0 aliphatic heterocycles. The summed E-state index contributed by atoms with van der Waals surface area (Å²) in [6, 6.07) is 0. The highest BCUT2D eigenvalue weighted by Gasteiger charge is 2.06. The van der Waals surface area contributed by atoms with Gasteiger partial charge in [0.25, 0.3) is 0 Å². The van der Waals surface area contributed by atoms with Crippen LogP contribution in [0.5, 0.6) is 0 Å². The molecule has 3 nitrogen and oxygen atoms in total. The molecule has 0 radical (unpaired) electrons. The van der Waals surface area contributed by atoms with Crippen molar-refractivity contribution in [2.45, 2.75) is 12.1 Å². The number of aryl methyl sites for hydroxylation is 1. The number of fused-ring (bicyclic) bond motifs is 1. The van der Waals surface area contributed by atoms with Crippen LogP contribution in [0.4, 0.5) is 0 Å². The maximum Gasteiger partial charge on any atom is 0.187 e. The number of nitrogens with zero attached hydrogens (tertiary/aromatic N) is 3. The predicted molar refractivity (Wildman–Crippen MR) is 58.9 cm³/mol. The van der Waals surface area contributed by atoms with Gasteiger partial charge in [0.1, 0.15) is 5.15 Å². The second-order valence-electron chi connectivity index (χ2n) is 2.85. The lowest BCUT2D eigenvalue weighted by atomic mass is 10.2. The average Bonchev–Trinajstić information content (AvgIpc) is 2.23. The minimum absolute atomic E-state index is 0.457. The van der Waals surface area contributed by atoms with E-state index in [-0.39, 0.29) is 0 Å². The summed E-state index contributed by atoms with van der Waals surface area (Å²) in [5.74, 6) is 0. The molecule has 0 aliphatic carbocycles. The minimum atomic E-state index is 0.457. The minimum Gasteiger partial charge on any atom is -0.243 e. The van der Waals surface area contributed by atoms with Gasteiger partial charge in [0.15, 0.2) is 5.16 Å². The van der Waals surface area contributed by atoms with Crippen LogP contribution in [-0.4, -0.2) is 21.2 Å². The standard InChI is InChI=1S/C9H8ClN3S/c1-5-3-11-8(10)6-4-12-9(14-2)13-7(5)6/h3-4H,1-2H3. The zero-order valence-corrected chi connectivity index (χ0v) is 9.35. The second kappa shape index (κ2) is 3.71. The van der Waals surface area contributed by atoms with E-state index in [1.54, 1.807) is 12.4 Å². The van der Waals surface area contributed by atoms with Crippen molar-refractivity contribution in [3.63, 3.8) is 0 Å². The van der Waals surface area contributed by atoms with E-state index in [2.05, 4.69) is 15.0 Å². The molecule has 0 atom stereocenters. The third kappa shape index (κ3) is 1.55. The molecule has 0 N–H and O–H groups in total. The van der Waals surface area contributed by atoms with Crippen LogP contribution in [0.15, 0.2) is 17.6 Å². The van der Waals surface area contributed by atoms with Crippen LogP contribution in [0, 0.1) is 6.92 Å². The highest BCUT2D eigenvalue weighted by atomic mass is 35.5. The Bertz CT molecular complexity index is 487. The first kappa shape index (κ1) is 9.68. The summed E-state index contributed by atoms with van der Waals surface area (Å²) in [6.07, 6.45) is 5.39. The molecule has 2 rings (SSSR count). The van der Waals surface area contributed by atoms with Gasteiger partial charge in [-0.15, -0.1) is 0 Å². The van der Waals surface area contributed by atoms with Gasteiger partial charge in [-0.2, -0.15) is 0 Å². The maximum atomic E-state index is 5.93. The number of aromatic nitrogens is 3. The molecule has 72 valence electrons. The van der Waals surface area contributed by atoms with Crippen molar-refractivity contribution in [3.8, 4) is 0 Å². The first-order chi connectivity index (χ1) is 6.72. The number of pyridine rings is 1. The van der Waals surface area contributed by atoms with Crippen molar-refractivity contribution < 1.29 is 0 Å². The quantitative estimate of drug-likeness (QED) is 0.425. The Labute approximate surface area is 90.9 Å². The molecule has 0 aliphatic rings. The zero-order chi connectivity index (χ0) is 10.1. The van der Waals surface area contributed by atoms with Crippen LogP contribution >= 0.6 is 23.4 Å². The number of halogens is 1. The Morgan fingerprint density at radius 1 is 1.29 bits per heavy atom. The molecule has 0 fully saturated rings. The molecule has 2 aromatic heterocycles. The molecule has 0 spiro atoms. The Hall–Kier alpha value is -0.870. The molecule has 5 heteroatoms. The van der Waals surface area contributed by atoms with E-state index < -0.39 is 0 Å². The number of thioether (sulfide) groups is 1. The van der Waals surface area contributed by atoms with Gasteiger partial charge in [-0.05, 0) is 18.7 Å². The van der Waals surface area contributed by atoms with Crippen LogP contribution in [0.2, 0.25) is 5.15 Å². The largest absolute Gasteiger partial charge is 0.243 e. The van der Waals surface area contributed by atoms with Crippen LogP contribution in [-0.2, 0) is 0 Å². The summed E-state index contributed by atoms with van der Waals surface area (Å²) in [6.45, 7) is 1.96. The number of hydrogen-bond donors (Lipinski definition) is 0. The molecule has 2 heterocycles. The first-order valence-corrected chi connectivity index (χ1v) is 5.64. The zero-order valence-electron chi connectivity index (χ0n) is 7.78. The van der Waals surface area contributed by atoms with Crippen molar-refractivity contribution in [2.75, 3.05) is 6.26 Å². The van der Waals surface area contributed by atoms with E-state index in [1.807, 2.05) is 13.2 Å². The van der Waals surface area contributed by atoms with Gasteiger partial charge in [0.05, 0.1) is 10.9 Å². The van der Waals surface area contributed by atoms with Gasteiger partial charge >= 0.3 is 0 Å². The normalized spacial score (nSPS) is 10.8. The fraction of sp³-hybridized carbons (Fsp3) is 0.222. The van der Waals surface area contributed by atoms with Crippen LogP contribution in [0.3, 0.4) is 0 Å². The summed E-state index contributed by atoms with van der Waals surface area (Å²) in [5, 5.41) is 2.02. The predicted octanol–water partition coefficient (Wildman–Crippen LogP) is 2.71. The van der Waals surface area contributed by atoms with Crippen molar-refractivity contribution in [1.82, 2.24) is 15.0 Å². The van der Waals surface area contributed by atoms with E-state index >= 15 is 0 Å². The molecule has 0 unspecified atom stereocenters. The topological polar surface area (TPSA) is 38.7 Å². The number of hydrogen-bond acceptors (Lipinski definition) is 4. The number of rotatable bonds is 1. The van der Waals surface area contributed by atoms with Gasteiger partial charge < -0.3 is 0 Å². The van der Waals surface area contributed by atoms with E-state index in [4.69, 9.17) is 11.6 Å². The van der Waals surface area contributed by atoms with E-state index in [0.717, 1.165) is 21.6 Å². The molecular formula is C9H8ClN3S. The molecule has 0 bridgehead atoms. The lowest BCUT2D eigenvalue weighted by Crippen LogP contribution is -1.91. The van der Waals surface area contributed by atoms with Gasteiger partial charge in [-0.1, -0.05) is 23.4 Å². The highest BCUT2D eigenvalue weighted by molar-refractivity contribution is 7.98. The highest BCUT2D eigenvalue weighted by Crippen LogP contribution is 2.23. The summed E-state index contributed by atoms with van der Waals surface area (Å²) in [7, 11) is 0. The van der Waals surface area contributed by atoms with Gasteiger partial charge in [-0.3, -0.25) is 0 Å². The Balaban J connectivity index is 2.80. The average molecular weight is 226 g/mol. The fourth-order valence-electron chi connectivity index (χ4n) is 1.20. The third-order valence-electron chi connectivity index (χ3n) is 1.92. The molecule has 0 aromatic carbocycles. The summed E-state index contributed by atoms with van der Waals surface area (Å²) >= 11 is 7.44. The molecule has 0 saturated heterocycles. The van der Waals surface area contributed by atoms with Gasteiger partial charge in [-0.25, -0.2) is 15.0 Å². The lowest BCUT2D eigenvalue weighted by molar-refractivity contribution is 1.000. The third-order valence-corrected chi connectivity index (χ3v) is 2.78. The summed E-state index contributed by atoms with van der Waals surface area (Å²) in [5.41, 5.74) is 1.89. The van der Waals surface area contributed by atoms with Crippen LogP contribution in [0.1, 0.15) is 5.56 Å². The molecule has 2 aromatic rings. The van der Waals surface area contributed by atoms with E-state index in [1.165, 1.54) is 11.8 Å². The second-order valence-corrected chi connectivity index (χ2v) is 3.98.